The minimum Gasteiger partial charge on any atom is -0.489 e. The molecule has 2 amide bonds. The number of ether oxygens (including phenoxy) is 1. The lowest BCUT2D eigenvalue weighted by atomic mass is 9.87. The number of hydroxylamine groups is 2. The van der Waals surface area contributed by atoms with Crippen molar-refractivity contribution in [2.75, 3.05) is 0 Å². The summed E-state index contributed by atoms with van der Waals surface area (Å²) in [6.07, 6.45) is 2.50. The maximum Gasteiger partial charge on any atom is 0.339 e. The van der Waals surface area contributed by atoms with Gasteiger partial charge in [0, 0.05) is 0 Å². The smallest absolute Gasteiger partial charge is 0.339 e. The molecule has 23 heavy (non-hydrogen) atoms. The second-order valence-electron chi connectivity index (χ2n) is 5.73. The van der Waals surface area contributed by atoms with Crippen LogP contribution in [-0.4, -0.2) is 16.3 Å². The summed E-state index contributed by atoms with van der Waals surface area (Å²) in [4.78, 5) is 11.2. The number of amides is 2. The van der Waals surface area contributed by atoms with Crippen molar-refractivity contribution in [2.45, 2.75) is 31.9 Å². The topological polar surface area (TPSA) is 75.8 Å². The van der Waals surface area contributed by atoms with E-state index >= 15 is 0 Å². The average molecular weight is 312 g/mol. The Balaban J connectivity index is 1.75. The van der Waals surface area contributed by atoms with Crippen molar-refractivity contribution in [3.8, 4) is 5.75 Å². The van der Waals surface area contributed by atoms with Gasteiger partial charge in [0.25, 0.3) is 0 Å². The highest BCUT2D eigenvalue weighted by molar-refractivity contribution is 5.71. The lowest BCUT2D eigenvalue weighted by molar-refractivity contribution is -0.0808. The Morgan fingerprint density at radius 3 is 2.78 bits per heavy atom. The standard InChI is InChI=1S/C18H20N2O3/c19-18(21)20(22)17-8-4-7-14-11-15(9-10-16(14)17)23-12-13-5-2-1-3-6-13/h1-3,5-6,9-11,17,22H,4,7-8,12H2,(H2,19,21)/t17-/m1/s1. The number of nitrogens with two attached hydrogens (primary N) is 1. The molecule has 2 aromatic rings. The average Bonchev–Trinajstić information content (AvgIpc) is 2.59. The van der Waals surface area contributed by atoms with E-state index in [-0.39, 0.29) is 6.04 Å². The molecule has 3 N–H and O–H groups in total. The Labute approximate surface area is 135 Å². The maximum absolute atomic E-state index is 11.2. The van der Waals surface area contributed by atoms with Crippen molar-refractivity contribution in [1.82, 2.24) is 5.06 Å². The maximum atomic E-state index is 11.2. The van der Waals surface area contributed by atoms with Crippen molar-refractivity contribution >= 4 is 6.03 Å². The Kier molecular flexibility index (Phi) is 4.48. The van der Waals surface area contributed by atoms with E-state index < -0.39 is 6.03 Å². The Morgan fingerprint density at radius 1 is 1.26 bits per heavy atom. The van der Waals surface area contributed by atoms with Crippen LogP contribution in [0, 0.1) is 0 Å². The predicted molar refractivity (Wildman–Crippen MR) is 86.1 cm³/mol. The first-order valence-corrected chi connectivity index (χ1v) is 7.72. The lowest BCUT2D eigenvalue weighted by Gasteiger charge is -2.30. The van der Waals surface area contributed by atoms with Gasteiger partial charge in [0.15, 0.2) is 0 Å². The number of fused-ring (bicyclic) bond motifs is 1. The SMILES string of the molecule is NC(=O)N(O)[C@@H]1CCCc2cc(OCc3ccccc3)ccc21. The van der Waals surface area contributed by atoms with Gasteiger partial charge in [-0.15, -0.1) is 0 Å². The summed E-state index contributed by atoms with van der Waals surface area (Å²) in [5, 5.41) is 10.5. The van der Waals surface area contributed by atoms with Gasteiger partial charge in [0.2, 0.25) is 0 Å². The molecule has 0 spiro atoms. The zero-order valence-electron chi connectivity index (χ0n) is 12.8. The van der Waals surface area contributed by atoms with Crippen LogP contribution in [0.15, 0.2) is 48.5 Å². The fourth-order valence-corrected chi connectivity index (χ4v) is 3.00. The van der Waals surface area contributed by atoms with Crippen LogP contribution in [-0.2, 0) is 13.0 Å². The molecule has 0 unspecified atom stereocenters. The molecule has 0 aliphatic heterocycles. The molecule has 1 aliphatic carbocycles. The minimum atomic E-state index is -0.827. The summed E-state index contributed by atoms with van der Waals surface area (Å²) in [7, 11) is 0. The molecule has 0 aromatic heterocycles. The quantitative estimate of drug-likeness (QED) is 0.671. The highest BCUT2D eigenvalue weighted by atomic mass is 16.5. The van der Waals surface area contributed by atoms with E-state index in [9.17, 15) is 10.0 Å². The third-order valence-corrected chi connectivity index (χ3v) is 4.17. The molecular formula is C18H20N2O3. The number of benzene rings is 2. The molecule has 1 aliphatic rings. The van der Waals surface area contributed by atoms with Crippen LogP contribution in [0.25, 0.3) is 0 Å². The second-order valence-corrected chi connectivity index (χ2v) is 5.73. The molecule has 2 aromatic carbocycles. The second kappa shape index (κ2) is 6.71. The molecule has 1 atom stereocenters. The summed E-state index contributed by atoms with van der Waals surface area (Å²) in [6, 6.07) is 14.5. The third-order valence-electron chi connectivity index (χ3n) is 4.17. The van der Waals surface area contributed by atoms with E-state index in [0.29, 0.717) is 18.1 Å². The molecule has 0 fully saturated rings. The number of hydrogen-bond donors (Lipinski definition) is 2. The largest absolute Gasteiger partial charge is 0.489 e. The normalized spacial score (nSPS) is 16.5. The highest BCUT2D eigenvalue weighted by Gasteiger charge is 2.27. The summed E-state index contributed by atoms with van der Waals surface area (Å²) in [5.41, 5.74) is 8.31. The number of urea groups is 1. The number of hydrogen-bond acceptors (Lipinski definition) is 3. The molecule has 120 valence electrons. The van der Waals surface area contributed by atoms with Gasteiger partial charge in [0.05, 0.1) is 6.04 Å². The number of nitrogens with zero attached hydrogens (tertiary/aromatic N) is 1. The van der Waals surface area contributed by atoms with E-state index in [1.54, 1.807) is 0 Å². The zero-order valence-corrected chi connectivity index (χ0v) is 12.8. The minimum absolute atomic E-state index is 0.376. The number of carbonyl (C=O) groups excluding carboxylic acids is 1. The number of rotatable bonds is 4. The van der Waals surface area contributed by atoms with E-state index in [2.05, 4.69) is 0 Å². The van der Waals surface area contributed by atoms with Gasteiger partial charge in [-0.05, 0) is 48.1 Å². The first kappa shape index (κ1) is 15.4. The molecule has 0 saturated heterocycles. The number of aryl methyl sites for hydroxylation is 1. The number of primary amides is 1. The van der Waals surface area contributed by atoms with Crippen LogP contribution in [0.1, 0.15) is 35.6 Å². The van der Waals surface area contributed by atoms with Crippen LogP contribution >= 0.6 is 0 Å². The summed E-state index contributed by atoms with van der Waals surface area (Å²) in [6.45, 7) is 0.510. The summed E-state index contributed by atoms with van der Waals surface area (Å²) < 4.78 is 5.83. The van der Waals surface area contributed by atoms with Gasteiger partial charge in [-0.2, -0.15) is 5.06 Å². The molecule has 0 bridgehead atoms. The molecular weight excluding hydrogens is 292 g/mol. The fourth-order valence-electron chi connectivity index (χ4n) is 3.00. The van der Waals surface area contributed by atoms with Gasteiger partial charge >= 0.3 is 6.03 Å². The monoisotopic (exact) mass is 312 g/mol. The van der Waals surface area contributed by atoms with E-state index in [4.69, 9.17) is 10.5 Å². The number of carbonyl (C=O) groups is 1. The van der Waals surface area contributed by atoms with Crippen LogP contribution in [0.4, 0.5) is 4.79 Å². The fraction of sp³-hybridized carbons (Fsp3) is 0.278. The van der Waals surface area contributed by atoms with Gasteiger partial charge in [-0.25, -0.2) is 4.79 Å². The van der Waals surface area contributed by atoms with Gasteiger partial charge < -0.3 is 10.5 Å². The lowest BCUT2D eigenvalue weighted by Crippen LogP contribution is -2.37. The molecule has 3 rings (SSSR count). The van der Waals surface area contributed by atoms with E-state index in [1.807, 2.05) is 48.5 Å². The van der Waals surface area contributed by atoms with Crippen LogP contribution < -0.4 is 10.5 Å². The third kappa shape index (κ3) is 3.46. The predicted octanol–water partition coefficient (Wildman–Crippen LogP) is 3.41. The van der Waals surface area contributed by atoms with Crippen molar-refractivity contribution in [3.63, 3.8) is 0 Å². The van der Waals surface area contributed by atoms with Gasteiger partial charge in [-0.1, -0.05) is 36.4 Å². The summed E-state index contributed by atoms with van der Waals surface area (Å²) in [5.74, 6) is 0.789. The highest BCUT2D eigenvalue weighted by Crippen LogP contribution is 2.35. The molecule has 0 heterocycles. The first-order chi connectivity index (χ1) is 11.1. The van der Waals surface area contributed by atoms with Gasteiger partial charge in [-0.3, -0.25) is 5.21 Å². The Bertz CT molecular complexity index is 688. The van der Waals surface area contributed by atoms with E-state index in [1.165, 1.54) is 0 Å². The van der Waals surface area contributed by atoms with Crippen molar-refractivity contribution in [1.29, 1.82) is 0 Å². The molecule has 0 saturated carbocycles. The van der Waals surface area contributed by atoms with Crippen molar-refractivity contribution in [2.24, 2.45) is 5.73 Å². The van der Waals surface area contributed by atoms with Gasteiger partial charge in [0.1, 0.15) is 12.4 Å². The van der Waals surface area contributed by atoms with Crippen LogP contribution in [0.2, 0.25) is 0 Å². The molecule has 5 nitrogen and oxygen atoms in total. The van der Waals surface area contributed by atoms with Crippen molar-refractivity contribution < 1.29 is 14.7 Å². The first-order valence-electron chi connectivity index (χ1n) is 7.72. The Morgan fingerprint density at radius 2 is 2.04 bits per heavy atom. The molecule has 0 radical (unpaired) electrons. The Hall–Kier alpha value is -2.53. The van der Waals surface area contributed by atoms with Crippen LogP contribution in [0.5, 0.6) is 5.75 Å². The molecule has 5 heteroatoms. The van der Waals surface area contributed by atoms with E-state index in [0.717, 1.165) is 35.3 Å². The zero-order chi connectivity index (χ0) is 16.2. The van der Waals surface area contributed by atoms with Crippen LogP contribution in [0.3, 0.4) is 0 Å². The summed E-state index contributed by atoms with van der Waals surface area (Å²) >= 11 is 0. The van der Waals surface area contributed by atoms with Crippen molar-refractivity contribution in [3.05, 3.63) is 65.2 Å².